The molecule has 78 valence electrons. The van der Waals surface area contributed by atoms with Gasteiger partial charge < -0.3 is 9.67 Å². The molecule has 14 heavy (non-hydrogen) atoms. The van der Waals surface area contributed by atoms with Crippen LogP contribution in [0.1, 0.15) is 51.4 Å². The van der Waals surface area contributed by atoms with Crippen molar-refractivity contribution in [2.75, 3.05) is 0 Å². The smallest absolute Gasteiger partial charge is 0.111 e. The van der Waals surface area contributed by atoms with E-state index < -0.39 is 5.60 Å². The van der Waals surface area contributed by atoms with E-state index in [1.807, 2.05) is 19.3 Å². The van der Waals surface area contributed by atoms with Crippen molar-refractivity contribution in [1.82, 2.24) is 9.55 Å². The third-order valence-electron chi connectivity index (χ3n) is 3.19. The summed E-state index contributed by atoms with van der Waals surface area (Å²) in [6, 6.07) is 0.224. The molecule has 3 nitrogen and oxygen atoms in total. The average Bonchev–Trinajstić information content (AvgIpc) is 2.51. The first-order valence-corrected chi connectivity index (χ1v) is 5.27. The summed E-state index contributed by atoms with van der Waals surface area (Å²) in [5, 5.41) is 10.0. The van der Waals surface area contributed by atoms with Crippen LogP contribution in [0, 0.1) is 0 Å². The van der Waals surface area contributed by atoms with Crippen LogP contribution in [-0.2, 0) is 0 Å². The highest BCUT2D eigenvalue weighted by molar-refractivity contribution is 5.07. The molecule has 1 aliphatic rings. The molecule has 0 radical (unpaired) electrons. The summed E-state index contributed by atoms with van der Waals surface area (Å²) in [6.07, 6.45) is 5.76. The van der Waals surface area contributed by atoms with Gasteiger partial charge in [-0.25, -0.2) is 4.98 Å². The molecule has 1 fully saturated rings. The molecule has 0 aliphatic heterocycles. The van der Waals surface area contributed by atoms with Crippen molar-refractivity contribution < 1.29 is 5.11 Å². The lowest BCUT2D eigenvalue weighted by Crippen LogP contribution is -2.45. The van der Waals surface area contributed by atoms with Crippen LogP contribution in [0.25, 0.3) is 0 Å². The maximum absolute atomic E-state index is 10.0. The first-order chi connectivity index (χ1) is 6.52. The Kier molecular flexibility index (Phi) is 2.14. The van der Waals surface area contributed by atoms with Crippen molar-refractivity contribution >= 4 is 0 Å². The molecule has 0 saturated heterocycles. The Hall–Kier alpha value is -0.830. The zero-order chi connectivity index (χ0) is 10.3. The second-order valence-corrected chi connectivity index (χ2v) is 4.76. The third-order valence-corrected chi connectivity index (χ3v) is 3.19. The largest absolute Gasteiger partial charge is 0.388 e. The molecule has 2 rings (SSSR count). The van der Waals surface area contributed by atoms with Crippen molar-refractivity contribution in [3.8, 4) is 0 Å². The summed E-state index contributed by atoms with van der Waals surface area (Å²) in [4.78, 5) is 4.34. The standard InChI is InChI=1S/C11H18N2O/c1-8(2)10-12-6-7-13(10)9-4-5-11(9,3)14/h6-9,14H,4-5H2,1-3H3/t9-,11-/m0/s1. The Morgan fingerprint density at radius 1 is 1.64 bits per heavy atom. The fourth-order valence-electron chi connectivity index (χ4n) is 2.17. The van der Waals surface area contributed by atoms with Gasteiger partial charge in [0.15, 0.2) is 0 Å². The molecule has 1 aromatic heterocycles. The van der Waals surface area contributed by atoms with Crippen molar-refractivity contribution in [1.29, 1.82) is 0 Å². The molecular weight excluding hydrogens is 176 g/mol. The van der Waals surface area contributed by atoms with Gasteiger partial charge in [0.05, 0.1) is 11.6 Å². The van der Waals surface area contributed by atoms with Crippen LogP contribution in [0.5, 0.6) is 0 Å². The molecule has 0 amide bonds. The van der Waals surface area contributed by atoms with Gasteiger partial charge in [-0.15, -0.1) is 0 Å². The highest BCUT2D eigenvalue weighted by Gasteiger charge is 2.42. The van der Waals surface area contributed by atoms with Gasteiger partial charge in [0, 0.05) is 18.3 Å². The lowest BCUT2D eigenvalue weighted by molar-refractivity contribution is -0.0703. The Morgan fingerprint density at radius 3 is 2.79 bits per heavy atom. The van der Waals surface area contributed by atoms with Gasteiger partial charge in [-0.2, -0.15) is 0 Å². The van der Waals surface area contributed by atoms with Crippen molar-refractivity contribution in [3.05, 3.63) is 18.2 Å². The van der Waals surface area contributed by atoms with E-state index in [9.17, 15) is 5.11 Å². The van der Waals surface area contributed by atoms with E-state index in [2.05, 4.69) is 23.4 Å². The lowest BCUT2D eigenvalue weighted by atomic mass is 9.76. The number of imidazole rings is 1. The van der Waals surface area contributed by atoms with Gasteiger partial charge in [-0.1, -0.05) is 13.8 Å². The number of nitrogens with zero attached hydrogens (tertiary/aromatic N) is 2. The molecule has 1 heterocycles. The van der Waals surface area contributed by atoms with Crippen LogP contribution < -0.4 is 0 Å². The molecule has 0 spiro atoms. The number of hydrogen-bond acceptors (Lipinski definition) is 2. The summed E-state index contributed by atoms with van der Waals surface area (Å²) in [5.74, 6) is 1.50. The van der Waals surface area contributed by atoms with Crippen LogP contribution in [0.2, 0.25) is 0 Å². The molecule has 0 bridgehead atoms. The summed E-state index contributed by atoms with van der Waals surface area (Å²) in [5.41, 5.74) is -0.537. The number of rotatable bonds is 2. The molecule has 3 heteroatoms. The summed E-state index contributed by atoms with van der Waals surface area (Å²) in [7, 11) is 0. The van der Waals surface area contributed by atoms with Crippen molar-refractivity contribution in [3.63, 3.8) is 0 Å². The molecule has 1 aromatic rings. The molecule has 0 aromatic carbocycles. The van der Waals surface area contributed by atoms with E-state index in [4.69, 9.17) is 0 Å². The highest BCUT2D eigenvalue weighted by atomic mass is 16.3. The minimum absolute atomic E-state index is 0.224. The number of aliphatic hydroxyl groups is 1. The fourth-order valence-corrected chi connectivity index (χ4v) is 2.17. The van der Waals surface area contributed by atoms with Crippen LogP contribution >= 0.6 is 0 Å². The van der Waals surface area contributed by atoms with Gasteiger partial charge in [0.1, 0.15) is 5.82 Å². The summed E-state index contributed by atoms with van der Waals surface area (Å²) >= 11 is 0. The van der Waals surface area contributed by atoms with Gasteiger partial charge >= 0.3 is 0 Å². The summed E-state index contributed by atoms with van der Waals surface area (Å²) < 4.78 is 2.13. The molecule has 1 N–H and O–H groups in total. The minimum Gasteiger partial charge on any atom is -0.388 e. The van der Waals surface area contributed by atoms with Crippen LogP contribution in [-0.4, -0.2) is 20.3 Å². The van der Waals surface area contributed by atoms with Gasteiger partial charge in [-0.05, 0) is 19.8 Å². The SMILES string of the molecule is CC(C)c1nccn1[C@H]1CC[C@]1(C)O. The molecule has 0 unspecified atom stereocenters. The Labute approximate surface area is 84.8 Å². The van der Waals surface area contributed by atoms with E-state index in [1.165, 1.54) is 0 Å². The van der Waals surface area contributed by atoms with Gasteiger partial charge in [-0.3, -0.25) is 0 Å². The lowest BCUT2D eigenvalue weighted by Gasteiger charge is -2.44. The minimum atomic E-state index is -0.537. The Morgan fingerprint density at radius 2 is 2.36 bits per heavy atom. The van der Waals surface area contributed by atoms with E-state index >= 15 is 0 Å². The summed E-state index contributed by atoms with van der Waals surface area (Å²) in [6.45, 7) is 6.17. The van der Waals surface area contributed by atoms with E-state index in [1.54, 1.807) is 0 Å². The third kappa shape index (κ3) is 1.36. The Balaban J connectivity index is 2.28. The first kappa shape index (κ1) is 9.71. The second-order valence-electron chi connectivity index (χ2n) is 4.76. The topological polar surface area (TPSA) is 38.0 Å². The van der Waals surface area contributed by atoms with E-state index in [0.717, 1.165) is 18.7 Å². The first-order valence-electron chi connectivity index (χ1n) is 5.27. The van der Waals surface area contributed by atoms with E-state index in [0.29, 0.717) is 5.92 Å². The maximum Gasteiger partial charge on any atom is 0.111 e. The average molecular weight is 194 g/mol. The quantitative estimate of drug-likeness (QED) is 0.782. The molecular formula is C11H18N2O. The Bertz CT molecular complexity index is 328. The van der Waals surface area contributed by atoms with E-state index in [-0.39, 0.29) is 6.04 Å². The highest BCUT2D eigenvalue weighted by Crippen LogP contribution is 2.43. The predicted octanol–water partition coefficient (Wildman–Crippen LogP) is 2.09. The van der Waals surface area contributed by atoms with Gasteiger partial charge in [0.2, 0.25) is 0 Å². The maximum atomic E-state index is 10.0. The van der Waals surface area contributed by atoms with Crippen molar-refractivity contribution in [2.24, 2.45) is 0 Å². The number of aromatic nitrogens is 2. The van der Waals surface area contributed by atoms with Gasteiger partial charge in [0.25, 0.3) is 0 Å². The fraction of sp³-hybridized carbons (Fsp3) is 0.727. The van der Waals surface area contributed by atoms with Crippen LogP contribution in [0.4, 0.5) is 0 Å². The van der Waals surface area contributed by atoms with Crippen LogP contribution in [0.15, 0.2) is 12.4 Å². The zero-order valence-corrected chi connectivity index (χ0v) is 9.07. The molecule has 2 atom stereocenters. The predicted molar refractivity (Wildman–Crippen MR) is 55.2 cm³/mol. The second kappa shape index (κ2) is 3.09. The number of hydrogen-bond donors (Lipinski definition) is 1. The molecule has 1 saturated carbocycles. The zero-order valence-electron chi connectivity index (χ0n) is 9.07. The monoisotopic (exact) mass is 194 g/mol. The normalized spacial score (nSPS) is 31.9. The van der Waals surface area contributed by atoms with Crippen molar-refractivity contribution in [2.45, 2.75) is 51.2 Å². The molecule has 1 aliphatic carbocycles. The van der Waals surface area contributed by atoms with Crippen LogP contribution in [0.3, 0.4) is 0 Å².